The first-order chi connectivity index (χ1) is 7.19. The van der Waals surface area contributed by atoms with Crippen molar-refractivity contribution in [1.82, 2.24) is 5.32 Å². The second kappa shape index (κ2) is 5.56. The lowest BCUT2D eigenvalue weighted by atomic mass is 9.97. The highest BCUT2D eigenvalue weighted by molar-refractivity contribution is 5.70. The molecule has 3 N–H and O–H groups in total. The Kier molecular flexibility index (Phi) is 4.37. The quantitative estimate of drug-likeness (QED) is 0.740. The van der Waals surface area contributed by atoms with Gasteiger partial charge in [-0.3, -0.25) is 0 Å². The van der Waals surface area contributed by atoms with Crippen LogP contribution < -0.4 is 11.1 Å². The molecule has 0 aliphatic rings. The molecule has 0 aromatic heterocycles. The summed E-state index contributed by atoms with van der Waals surface area (Å²) in [6.45, 7) is 5.19. The summed E-state index contributed by atoms with van der Waals surface area (Å²) in [6, 6.07) is 6.08. The summed E-state index contributed by atoms with van der Waals surface area (Å²) in [5.74, 6) is 0. The summed E-state index contributed by atoms with van der Waals surface area (Å²) >= 11 is 0. The predicted octanol–water partition coefficient (Wildman–Crippen LogP) is 2.59. The summed E-state index contributed by atoms with van der Waals surface area (Å²) in [6.07, 6.45) is 3.20. The zero-order chi connectivity index (χ0) is 11.3. The van der Waals surface area contributed by atoms with Crippen molar-refractivity contribution in [3.8, 4) is 0 Å². The Morgan fingerprint density at radius 2 is 2.20 bits per heavy atom. The topological polar surface area (TPSA) is 38.0 Å². The molecule has 0 amide bonds. The van der Waals surface area contributed by atoms with Gasteiger partial charge in [0.2, 0.25) is 0 Å². The van der Waals surface area contributed by atoms with Crippen LogP contribution in [0.25, 0.3) is 5.57 Å². The van der Waals surface area contributed by atoms with Crippen LogP contribution in [-0.4, -0.2) is 13.6 Å². The van der Waals surface area contributed by atoms with E-state index in [4.69, 9.17) is 5.73 Å². The maximum atomic E-state index is 5.81. The van der Waals surface area contributed by atoms with Crippen LogP contribution in [-0.2, 0) is 0 Å². The molecule has 82 valence electrons. The fraction of sp³-hybridized carbons (Fsp3) is 0.385. The third-order valence-corrected chi connectivity index (χ3v) is 2.60. The number of aryl methyl sites for hydroxylation is 1. The fourth-order valence-corrected chi connectivity index (χ4v) is 1.68. The molecule has 1 rings (SSSR count). The minimum absolute atomic E-state index is 0.833. The number of allylic oxidation sites excluding steroid dienone is 1. The van der Waals surface area contributed by atoms with E-state index in [-0.39, 0.29) is 0 Å². The first-order valence-corrected chi connectivity index (χ1v) is 5.35. The van der Waals surface area contributed by atoms with Crippen molar-refractivity contribution in [3.05, 3.63) is 35.4 Å². The Morgan fingerprint density at radius 3 is 2.80 bits per heavy atom. The van der Waals surface area contributed by atoms with E-state index >= 15 is 0 Å². The molecule has 0 saturated carbocycles. The molecule has 15 heavy (non-hydrogen) atoms. The van der Waals surface area contributed by atoms with Gasteiger partial charge in [-0.25, -0.2) is 0 Å². The van der Waals surface area contributed by atoms with E-state index in [1.807, 2.05) is 13.1 Å². The Hall–Kier alpha value is -1.28. The Bertz CT molecular complexity index is 354. The van der Waals surface area contributed by atoms with E-state index < -0.39 is 0 Å². The van der Waals surface area contributed by atoms with Crippen molar-refractivity contribution in [2.75, 3.05) is 19.3 Å². The van der Waals surface area contributed by atoms with Crippen molar-refractivity contribution in [2.24, 2.45) is 0 Å². The number of nitrogens with one attached hydrogen (secondary N) is 1. The molecule has 2 nitrogen and oxygen atoms in total. The molecule has 0 saturated heterocycles. The standard InChI is InChI=1S/C13H20N2/c1-4-11(7-8-15-3)13-9-12(14)6-5-10(13)2/h4-6,9,15H,7-8,14H2,1-3H3/b11-4-. The zero-order valence-corrected chi connectivity index (χ0v) is 9.80. The molecule has 0 aliphatic heterocycles. The molecule has 1 aromatic carbocycles. The zero-order valence-electron chi connectivity index (χ0n) is 9.80. The first-order valence-electron chi connectivity index (χ1n) is 5.35. The summed E-state index contributed by atoms with van der Waals surface area (Å²) in [5.41, 5.74) is 10.6. The van der Waals surface area contributed by atoms with Gasteiger partial charge in [-0.1, -0.05) is 12.1 Å². The van der Waals surface area contributed by atoms with Gasteiger partial charge in [0, 0.05) is 5.69 Å². The summed E-state index contributed by atoms with van der Waals surface area (Å²) < 4.78 is 0. The van der Waals surface area contributed by atoms with E-state index in [1.165, 1.54) is 16.7 Å². The lowest BCUT2D eigenvalue weighted by Crippen LogP contribution is -2.08. The maximum absolute atomic E-state index is 5.81. The van der Waals surface area contributed by atoms with Crippen molar-refractivity contribution in [2.45, 2.75) is 20.3 Å². The number of anilines is 1. The molecule has 0 atom stereocenters. The molecular weight excluding hydrogens is 184 g/mol. The second-order valence-electron chi connectivity index (χ2n) is 3.74. The SMILES string of the molecule is C/C=C(/CCNC)c1cc(N)ccc1C. The molecule has 0 radical (unpaired) electrons. The van der Waals surface area contributed by atoms with Crippen LogP contribution in [0, 0.1) is 6.92 Å². The summed E-state index contributed by atoms with van der Waals surface area (Å²) in [7, 11) is 1.97. The van der Waals surface area contributed by atoms with Gasteiger partial charge in [0.15, 0.2) is 0 Å². The average molecular weight is 204 g/mol. The average Bonchev–Trinajstić information content (AvgIpc) is 2.24. The van der Waals surface area contributed by atoms with E-state index in [9.17, 15) is 0 Å². The molecule has 0 unspecified atom stereocenters. The van der Waals surface area contributed by atoms with Crippen LogP contribution in [0.15, 0.2) is 24.3 Å². The molecule has 0 fully saturated rings. The summed E-state index contributed by atoms with van der Waals surface area (Å²) in [5, 5.41) is 3.16. The highest BCUT2D eigenvalue weighted by Crippen LogP contribution is 2.23. The van der Waals surface area contributed by atoms with Gasteiger partial charge < -0.3 is 11.1 Å². The van der Waals surface area contributed by atoms with Crippen molar-refractivity contribution >= 4 is 11.3 Å². The van der Waals surface area contributed by atoms with E-state index in [0.717, 1.165) is 18.7 Å². The molecule has 0 bridgehead atoms. The first kappa shape index (κ1) is 11.8. The number of benzene rings is 1. The maximum Gasteiger partial charge on any atom is 0.0320 e. The van der Waals surface area contributed by atoms with Crippen LogP contribution in [0.1, 0.15) is 24.5 Å². The van der Waals surface area contributed by atoms with Gasteiger partial charge in [0.25, 0.3) is 0 Å². The third kappa shape index (κ3) is 3.10. The molecule has 0 spiro atoms. The second-order valence-corrected chi connectivity index (χ2v) is 3.74. The highest BCUT2D eigenvalue weighted by atomic mass is 14.8. The highest BCUT2D eigenvalue weighted by Gasteiger charge is 2.04. The monoisotopic (exact) mass is 204 g/mol. The van der Waals surface area contributed by atoms with Crippen LogP contribution in [0.5, 0.6) is 0 Å². The Balaban J connectivity index is 2.96. The van der Waals surface area contributed by atoms with Gasteiger partial charge in [0.05, 0.1) is 0 Å². The Morgan fingerprint density at radius 1 is 1.47 bits per heavy atom. The fourth-order valence-electron chi connectivity index (χ4n) is 1.68. The number of hydrogen-bond acceptors (Lipinski definition) is 2. The van der Waals surface area contributed by atoms with Gasteiger partial charge in [0.1, 0.15) is 0 Å². The molecular formula is C13H20N2. The van der Waals surface area contributed by atoms with Gasteiger partial charge >= 0.3 is 0 Å². The summed E-state index contributed by atoms with van der Waals surface area (Å²) in [4.78, 5) is 0. The predicted molar refractivity (Wildman–Crippen MR) is 67.8 cm³/mol. The molecule has 0 heterocycles. The van der Waals surface area contributed by atoms with E-state index in [0.29, 0.717) is 0 Å². The number of nitrogen functional groups attached to an aromatic ring is 1. The van der Waals surface area contributed by atoms with Crippen LogP contribution in [0.3, 0.4) is 0 Å². The van der Waals surface area contributed by atoms with Gasteiger partial charge in [-0.2, -0.15) is 0 Å². The number of rotatable bonds is 4. The van der Waals surface area contributed by atoms with Gasteiger partial charge in [-0.15, -0.1) is 0 Å². The minimum atomic E-state index is 0.833. The van der Waals surface area contributed by atoms with Crippen LogP contribution in [0.4, 0.5) is 5.69 Å². The van der Waals surface area contributed by atoms with Crippen LogP contribution >= 0.6 is 0 Å². The largest absolute Gasteiger partial charge is 0.399 e. The van der Waals surface area contributed by atoms with Gasteiger partial charge in [-0.05, 0) is 62.7 Å². The van der Waals surface area contributed by atoms with Crippen molar-refractivity contribution in [1.29, 1.82) is 0 Å². The minimum Gasteiger partial charge on any atom is -0.399 e. The smallest absolute Gasteiger partial charge is 0.0320 e. The molecule has 1 aromatic rings. The third-order valence-electron chi connectivity index (χ3n) is 2.60. The number of nitrogens with two attached hydrogens (primary N) is 1. The molecule has 0 aliphatic carbocycles. The van der Waals surface area contributed by atoms with E-state index in [2.05, 4.69) is 37.4 Å². The number of hydrogen-bond donors (Lipinski definition) is 2. The van der Waals surface area contributed by atoms with Crippen LogP contribution in [0.2, 0.25) is 0 Å². The normalized spacial score (nSPS) is 11.8. The lowest BCUT2D eigenvalue weighted by Gasteiger charge is -2.11. The Labute approximate surface area is 92.2 Å². The van der Waals surface area contributed by atoms with Crippen molar-refractivity contribution in [3.63, 3.8) is 0 Å². The lowest BCUT2D eigenvalue weighted by molar-refractivity contribution is 0.815. The van der Waals surface area contributed by atoms with Crippen molar-refractivity contribution < 1.29 is 0 Å². The van der Waals surface area contributed by atoms with E-state index in [1.54, 1.807) is 0 Å². The molecule has 2 heteroatoms.